The molecule has 0 saturated heterocycles. The fraction of sp³-hybridized carbons (Fsp3) is 0.364. The first-order valence-corrected chi connectivity index (χ1v) is 10.1. The Bertz CT molecular complexity index is 1060. The van der Waals surface area contributed by atoms with Crippen molar-refractivity contribution < 1.29 is 14.4 Å². The fourth-order valence-corrected chi connectivity index (χ4v) is 2.80. The first-order chi connectivity index (χ1) is 15.4. The molecule has 0 fully saturated rings. The summed E-state index contributed by atoms with van der Waals surface area (Å²) in [6.07, 6.45) is 0.603. The molecule has 0 aliphatic rings. The molecule has 3 rings (SSSR count). The molecule has 0 bridgehead atoms. The Kier molecular flexibility index (Phi) is 7.61. The number of methoxy groups -OCH3 is 1. The van der Waals surface area contributed by atoms with E-state index in [1.807, 2.05) is 44.2 Å². The van der Waals surface area contributed by atoms with Gasteiger partial charge in [0, 0.05) is 31.7 Å². The van der Waals surface area contributed by atoms with Crippen LogP contribution in [0.15, 0.2) is 53.7 Å². The van der Waals surface area contributed by atoms with Crippen molar-refractivity contribution in [3.63, 3.8) is 0 Å². The molecule has 0 aliphatic carbocycles. The minimum Gasteiger partial charge on any atom is -0.389 e. The van der Waals surface area contributed by atoms with Gasteiger partial charge >= 0.3 is 0 Å². The SMILES string of the molecule is COCCC(C)(C)C(=O)Nc1cccc(CON=C(c2ccccc2)c2nnnn2C)n1. The number of oxime groups is 1. The summed E-state index contributed by atoms with van der Waals surface area (Å²) in [5, 5.41) is 18.7. The molecule has 168 valence electrons. The van der Waals surface area contributed by atoms with Gasteiger partial charge in [-0.1, -0.05) is 55.4 Å². The summed E-state index contributed by atoms with van der Waals surface area (Å²) in [6, 6.07) is 14.8. The molecule has 2 heterocycles. The molecule has 10 heteroatoms. The van der Waals surface area contributed by atoms with Gasteiger partial charge in [0.15, 0.2) is 12.3 Å². The normalized spacial score (nSPS) is 11.9. The molecule has 0 saturated carbocycles. The summed E-state index contributed by atoms with van der Waals surface area (Å²) in [5.41, 5.74) is 1.35. The van der Waals surface area contributed by atoms with E-state index in [-0.39, 0.29) is 12.5 Å². The van der Waals surface area contributed by atoms with Gasteiger partial charge in [-0.3, -0.25) is 4.79 Å². The monoisotopic (exact) mass is 437 g/mol. The quantitative estimate of drug-likeness (QED) is 0.383. The molecule has 0 unspecified atom stereocenters. The van der Waals surface area contributed by atoms with Crippen molar-refractivity contribution >= 4 is 17.4 Å². The number of rotatable bonds is 10. The molecule has 1 N–H and O–H groups in total. The number of tetrazole rings is 1. The van der Waals surface area contributed by atoms with Crippen LogP contribution in [0.3, 0.4) is 0 Å². The third-order valence-electron chi connectivity index (χ3n) is 4.84. The number of aryl methyl sites for hydroxylation is 1. The van der Waals surface area contributed by atoms with Crippen molar-refractivity contribution in [2.75, 3.05) is 19.0 Å². The largest absolute Gasteiger partial charge is 0.389 e. The van der Waals surface area contributed by atoms with Crippen LogP contribution >= 0.6 is 0 Å². The predicted octanol–water partition coefficient (Wildman–Crippen LogP) is 2.58. The number of hydrogen-bond acceptors (Lipinski definition) is 8. The molecule has 0 spiro atoms. The van der Waals surface area contributed by atoms with Crippen LogP contribution in [0, 0.1) is 5.41 Å². The number of nitrogens with zero attached hydrogens (tertiary/aromatic N) is 6. The number of pyridine rings is 1. The van der Waals surface area contributed by atoms with Crippen molar-refractivity contribution in [2.45, 2.75) is 26.9 Å². The maximum Gasteiger partial charge on any atom is 0.231 e. The molecule has 0 atom stereocenters. The van der Waals surface area contributed by atoms with E-state index in [1.165, 1.54) is 4.68 Å². The number of ether oxygens (including phenoxy) is 1. The Hall–Kier alpha value is -3.66. The summed E-state index contributed by atoms with van der Waals surface area (Å²) in [6.45, 7) is 4.36. The lowest BCUT2D eigenvalue weighted by molar-refractivity contribution is -0.124. The Labute approximate surface area is 186 Å². The molecule has 10 nitrogen and oxygen atoms in total. The van der Waals surface area contributed by atoms with Gasteiger partial charge in [0.25, 0.3) is 0 Å². The number of anilines is 1. The van der Waals surface area contributed by atoms with Crippen molar-refractivity contribution in [2.24, 2.45) is 17.6 Å². The summed E-state index contributed by atoms with van der Waals surface area (Å²) in [7, 11) is 3.35. The predicted molar refractivity (Wildman–Crippen MR) is 119 cm³/mol. The number of amides is 1. The lowest BCUT2D eigenvalue weighted by Crippen LogP contribution is -2.32. The van der Waals surface area contributed by atoms with Crippen LogP contribution in [0.2, 0.25) is 0 Å². The number of aromatic nitrogens is 5. The van der Waals surface area contributed by atoms with Gasteiger partial charge < -0.3 is 14.9 Å². The molecular weight excluding hydrogens is 410 g/mol. The van der Waals surface area contributed by atoms with Crippen LogP contribution in [0.1, 0.15) is 37.4 Å². The van der Waals surface area contributed by atoms with Gasteiger partial charge in [0.1, 0.15) is 5.82 Å². The zero-order valence-electron chi connectivity index (χ0n) is 18.6. The highest BCUT2D eigenvalue weighted by Gasteiger charge is 2.27. The first kappa shape index (κ1) is 23.0. The van der Waals surface area contributed by atoms with Crippen LogP contribution in [-0.4, -0.2) is 50.5 Å². The Morgan fingerprint density at radius 3 is 2.62 bits per heavy atom. The Morgan fingerprint density at radius 2 is 1.94 bits per heavy atom. The average Bonchev–Trinajstić information content (AvgIpc) is 3.21. The number of nitrogens with one attached hydrogen (secondary N) is 1. The van der Waals surface area contributed by atoms with Crippen LogP contribution < -0.4 is 5.32 Å². The van der Waals surface area contributed by atoms with Gasteiger partial charge in [0.05, 0.1) is 5.69 Å². The van der Waals surface area contributed by atoms with Crippen molar-refractivity contribution in [1.29, 1.82) is 0 Å². The second kappa shape index (κ2) is 10.6. The average molecular weight is 438 g/mol. The summed E-state index contributed by atoms with van der Waals surface area (Å²) in [5.74, 6) is 0.800. The van der Waals surface area contributed by atoms with E-state index in [4.69, 9.17) is 9.57 Å². The number of carbonyl (C=O) groups excluding carboxylic acids is 1. The second-order valence-corrected chi connectivity index (χ2v) is 7.80. The molecule has 2 aromatic heterocycles. The van der Waals surface area contributed by atoms with Gasteiger partial charge in [-0.25, -0.2) is 9.67 Å². The highest BCUT2D eigenvalue weighted by molar-refractivity contribution is 6.10. The molecule has 1 amide bonds. The Balaban J connectivity index is 1.70. The fourth-order valence-electron chi connectivity index (χ4n) is 2.80. The number of hydrogen-bond donors (Lipinski definition) is 1. The Morgan fingerprint density at radius 1 is 1.16 bits per heavy atom. The third kappa shape index (κ3) is 5.94. The van der Waals surface area contributed by atoms with Crippen LogP contribution in [0.25, 0.3) is 0 Å². The molecule has 0 aliphatic heterocycles. The standard InChI is InChI=1S/C22H27N7O3/c1-22(2,13-14-31-4)21(30)24-18-12-8-11-17(23-18)15-32-26-19(16-9-6-5-7-10-16)20-25-27-28-29(20)3/h5-12H,13-15H2,1-4H3,(H,23,24,30). The van der Waals surface area contributed by atoms with E-state index in [1.54, 1.807) is 32.4 Å². The van der Waals surface area contributed by atoms with E-state index < -0.39 is 5.41 Å². The summed E-state index contributed by atoms with van der Waals surface area (Å²) in [4.78, 5) is 22.6. The maximum atomic E-state index is 12.6. The molecule has 32 heavy (non-hydrogen) atoms. The third-order valence-corrected chi connectivity index (χ3v) is 4.84. The summed E-state index contributed by atoms with van der Waals surface area (Å²) < 4.78 is 6.61. The smallest absolute Gasteiger partial charge is 0.231 e. The molecule has 1 aromatic carbocycles. The minimum atomic E-state index is -0.580. The van der Waals surface area contributed by atoms with E-state index in [0.717, 1.165) is 5.56 Å². The van der Waals surface area contributed by atoms with Crippen molar-refractivity contribution in [1.82, 2.24) is 25.2 Å². The van der Waals surface area contributed by atoms with E-state index >= 15 is 0 Å². The molecule has 0 radical (unpaired) electrons. The van der Waals surface area contributed by atoms with Crippen LogP contribution in [0.5, 0.6) is 0 Å². The number of benzene rings is 1. The lowest BCUT2D eigenvalue weighted by Gasteiger charge is -2.22. The lowest BCUT2D eigenvalue weighted by atomic mass is 9.88. The summed E-state index contributed by atoms with van der Waals surface area (Å²) >= 11 is 0. The van der Waals surface area contributed by atoms with Crippen LogP contribution in [0.4, 0.5) is 5.82 Å². The van der Waals surface area contributed by atoms with Gasteiger partial charge in [-0.05, 0) is 29.0 Å². The van der Waals surface area contributed by atoms with Crippen LogP contribution in [-0.2, 0) is 28.0 Å². The van der Waals surface area contributed by atoms with Gasteiger partial charge in [0.2, 0.25) is 11.7 Å². The van der Waals surface area contributed by atoms with Crippen molar-refractivity contribution in [3.8, 4) is 0 Å². The number of carbonyl (C=O) groups is 1. The highest BCUT2D eigenvalue weighted by atomic mass is 16.6. The van der Waals surface area contributed by atoms with Gasteiger partial charge in [-0.15, -0.1) is 5.10 Å². The van der Waals surface area contributed by atoms with E-state index in [2.05, 4.69) is 31.0 Å². The second-order valence-electron chi connectivity index (χ2n) is 7.80. The van der Waals surface area contributed by atoms with E-state index in [0.29, 0.717) is 36.1 Å². The first-order valence-electron chi connectivity index (χ1n) is 10.1. The maximum absolute atomic E-state index is 12.6. The van der Waals surface area contributed by atoms with Crippen molar-refractivity contribution in [3.05, 3.63) is 65.6 Å². The highest BCUT2D eigenvalue weighted by Crippen LogP contribution is 2.22. The zero-order chi connectivity index (χ0) is 23.0. The molecule has 3 aromatic rings. The topological polar surface area (TPSA) is 116 Å². The molecular formula is C22H27N7O3. The zero-order valence-corrected chi connectivity index (χ0v) is 18.6. The van der Waals surface area contributed by atoms with E-state index in [9.17, 15) is 4.79 Å². The minimum absolute atomic E-state index is 0.110. The van der Waals surface area contributed by atoms with Gasteiger partial charge in [-0.2, -0.15) is 0 Å².